The SMILES string of the molecule is CC(CS(C)(=O)=O)NS(=O)(=O)c1cccc(S(=O)(=O)Cl)c1. The molecule has 0 amide bonds. The molecule has 7 nitrogen and oxygen atoms in total. The minimum Gasteiger partial charge on any atom is -0.229 e. The Balaban J connectivity index is 3.10. The van der Waals surface area contributed by atoms with Gasteiger partial charge in [0.15, 0.2) is 0 Å². The summed E-state index contributed by atoms with van der Waals surface area (Å²) < 4.78 is 70.9. The van der Waals surface area contributed by atoms with E-state index >= 15 is 0 Å². The van der Waals surface area contributed by atoms with Crippen molar-refractivity contribution in [3.63, 3.8) is 0 Å². The Morgan fingerprint density at radius 1 is 1.10 bits per heavy atom. The summed E-state index contributed by atoms with van der Waals surface area (Å²) in [5.74, 6) is -0.375. The molecule has 0 heterocycles. The topological polar surface area (TPSA) is 114 Å². The molecule has 0 aliphatic rings. The lowest BCUT2D eigenvalue weighted by Gasteiger charge is -2.13. The molecule has 0 bridgehead atoms. The van der Waals surface area contributed by atoms with E-state index in [0.717, 1.165) is 18.4 Å². The van der Waals surface area contributed by atoms with E-state index in [-0.39, 0.29) is 15.5 Å². The highest BCUT2D eigenvalue weighted by atomic mass is 35.7. The highest BCUT2D eigenvalue weighted by Crippen LogP contribution is 2.19. The molecular weight excluding hydrogens is 362 g/mol. The number of hydrogen-bond donors (Lipinski definition) is 1. The van der Waals surface area contributed by atoms with Crippen LogP contribution in [0.15, 0.2) is 34.1 Å². The number of benzene rings is 1. The fourth-order valence-electron chi connectivity index (χ4n) is 1.61. The Morgan fingerprint density at radius 2 is 1.62 bits per heavy atom. The minimum absolute atomic E-state index is 0.315. The molecule has 1 N–H and O–H groups in total. The first-order chi connectivity index (χ1) is 9.31. The zero-order valence-corrected chi connectivity index (χ0v) is 14.4. The predicted molar refractivity (Wildman–Crippen MR) is 79.0 cm³/mol. The van der Waals surface area contributed by atoms with Crippen molar-refractivity contribution < 1.29 is 25.3 Å². The maximum absolute atomic E-state index is 12.1. The van der Waals surface area contributed by atoms with Gasteiger partial charge in [0.1, 0.15) is 9.84 Å². The second kappa shape index (κ2) is 6.21. The van der Waals surface area contributed by atoms with Crippen LogP contribution in [0, 0.1) is 0 Å². The van der Waals surface area contributed by atoms with Crippen LogP contribution in [0.25, 0.3) is 0 Å². The second-order valence-electron chi connectivity index (χ2n) is 4.53. The van der Waals surface area contributed by atoms with Crippen LogP contribution in [0.4, 0.5) is 0 Å². The highest BCUT2D eigenvalue weighted by molar-refractivity contribution is 8.13. The van der Waals surface area contributed by atoms with Crippen LogP contribution in [-0.2, 0) is 28.9 Å². The molecule has 1 unspecified atom stereocenters. The lowest BCUT2D eigenvalue weighted by Crippen LogP contribution is -2.37. The van der Waals surface area contributed by atoms with Gasteiger partial charge in [-0.1, -0.05) is 6.07 Å². The van der Waals surface area contributed by atoms with Crippen LogP contribution in [0.1, 0.15) is 6.92 Å². The molecule has 120 valence electrons. The molecule has 21 heavy (non-hydrogen) atoms. The Kier molecular flexibility index (Phi) is 5.43. The molecule has 0 aliphatic carbocycles. The van der Waals surface area contributed by atoms with Crippen LogP contribution in [0.3, 0.4) is 0 Å². The third-order valence-corrected chi connectivity index (χ3v) is 6.35. The van der Waals surface area contributed by atoms with E-state index in [1.807, 2.05) is 0 Å². The van der Waals surface area contributed by atoms with Crippen molar-refractivity contribution in [3.05, 3.63) is 24.3 Å². The number of sulfonamides is 1. The van der Waals surface area contributed by atoms with Crippen molar-refractivity contribution >= 4 is 39.6 Å². The van der Waals surface area contributed by atoms with Crippen molar-refractivity contribution in [2.75, 3.05) is 12.0 Å². The first kappa shape index (κ1) is 18.4. The third-order valence-electron chi connectivity index (χ3n) is 2.31. The number of rotatable bonds is 6. The zero-order chi connectivity index (χ0) is 16.5. The number of halogens is 1. The molecule has 0 saturated heterocycles. The smallest absolute Gasteiger partial charge is 0.229 e. The molecule has 0 saturated carbocycles. The summed E-state index contributed by atoms with van der Waals surface area (Å²) in [4.78, 5) is -0.674. The molecule has 1 aromatic rings. The fraction of sp³-hybridized carbons (Fsp3) is 0.400. The normalized spacial score (nSPS) is 14.8. The van der Waals surface area contributed by atoms with Crippen molar-refractivity contribution in [2.45, 2.75) is 22.8 Å². The van der Waals surface area contributed by atoms with Crippen molar-refractivity contribution in [1.29, 1.82) is 0 Å². The second-order valence-corrected chi connectivity index (χ2v) is 11.0. The van der Waals surface area contributed by atoms with Gasteiger partial charge < -0.3 is 0 Å². The van der Waals surface area contributed by atoms with Crippen LogP contribution in [0.2, 0.25) is 0 Å². The first-order valence-corrected chi connectivity index (χ1v) is 11.4. The summed E-state index contributed by atoms with van der Waals surface area (Å²) in [6, 6.07) is 3.60. The molecule has 0 aromatic heterocycles. The number of nitrogens with one attached hydrogen (secondary N) is 1. The summed E-state index contributed by atoms with van der Waals surface area (Å²) >= 11 is 0. The van der Waals surface area contributed by atoms with Gasteiger partial charge in [-0.05, 0) is 25.1 Å². The van der Waals surface area contributed by atoms with Gasteiger partial charge in [0.25, 0.3) is 9.05 Å². The van der Waals surface area contributed by atoms with Gasteiger partial charge in [0, 0.05) is 23.0 Å². The van der Waals surface area contributed by atoms with E-state index in [4.69, 9.17) is 10.7 Å². The lowest BCUT2D eigenvalue weighted by atomic mass is 10.4. The predicted octanol–water partition coefficient (Wildman–Crippen LogP) is 0.326. The molecule has 1 atom stereocenters. The standard InChI is InChI=1S/C10H14ClNO6S3/c1-8(7-19(2,13)14)12-21(17,18)10-5-3-4-9(6-10)20(11,15)16/h3-6,8,12H,7H2,1-2H3. The maximum atomic E-state index is 12.1. The Morgan fingerprint density at radius 3 is 2.10 bits per heavy atom. The maximum Gasteiger partial charge on any atom is 0.261 e. The van der Waals surface area contributed by atoms with Gasteiger partial charge >= 0.3 is 0 Å². The van der Waals surface area contributed by atoms with Crippen molar-refractivity contribution in [3.8, 4) is 0 Å². The lowest BCUT2D eigenvalue weighted by molar-refractivity contribution is 0.564. The van der Waals surface area contributed by atoms with Crippen LogP contribution in [0.5, 0.6) is 0 Å². The minimum atomic E-state index is -4.06. The quantitative estimate of drug-likeness (QED) is 0.716. The highest BCUT2D eigenvalue weighted by Gasteiger charge is 2.21. The summed E-state index contributed by atoms with van der Waals surface area (Å²) in [5.41, 5.74) is 0. The van der Waals surface area contributed by atoms with Crippen molar-refractivity contribution in [2.24, 2.45) is 0 Å². The molecule has 0 fully saturated rings. The van der Waals surface area contributed by atoms with E-state index in [9.17, 15) is 25.3 Å². The van der Waals surface area contributed by atoms with E-state index in [1.54, 1.807) is 0 Å². The zero-order valence-electron chi connectivity index (χ0n) is 11.1. The largest absolute Gasteiger partial charge is 0.261 e. The molecule has 0 radical (unpaired) electrons. The van der Waals surface area contributed by atoms with Gasteiger partial charge in [0.05, 0.1) is 15.5 Å². The number of sulfone groups is 1. The van der Waals surface area contributed by atoms with E-state index < -0.39 is 35.0 Å². The molecule has 1 aromatic carbocycles. The van der Waals surface area contributed by atoms with E-state index in [2.05, 4.69) is 4.72 Å². The van der Waals surface area contributed by atoms with Gasteiger partial charge in [-0.15, -0.1) is 0 Å². The number of hydrogen-bond acceptors (Lipinski definition) is 6. The van der Waals surface area contributed by atoms with Gasteiger partial charge in [0.2, 0.25) is 10.0 Å². The Hall–Kier alpha value is -0.680. The summed E-state index contributed by atoms with van der Waals surface area (Å²) in [6.45, 7) is 1.39. The average Bonchev–Trinajstić information content (AvgIpc) is 2.24. The first-order valence-electron chi connectivity index (χ1n) is 5.56. The van der Waals surface area contributed by atoms with Gasteiger partial charge in [-0.2, -0.15) is 0 Å². The van der Waals surface area contributed by atoms with E-state index in [0.29, 0.717) is 0 Å². The summed E-state index contributed by atoms with van der Waals surface area (Å²) in [6.07, 6.45) is 0.985. The van der Waals surface area contributed by atoms with Crippen LogP contribution >= 0.6 is 10.7 Å². The van der Waals surface area contributed by atoms with E-state index in [1.165, 1.54) is 19.1 Å². The van der Waals surface area contributed by atoms with Crippen LogP contribution < -0.4 is 4.72 Å². The monoisotopic (exact) mass is 375 g/mol. The summed E-state index contributed by atoms with van der Waals surface area (Å²) in [5, 5.41) is 0. The fourth-order valence-corrected chi connectivity index (χ4v) is 4.87. The third kappa shape index (κ3) is 5.91. The molecule has 11 heteroatoms. The van der Waals surface area contributed by atoms with Crippen molar-refractivity contribution in [1.82, 2.24) is 4.72 Å². The van der Waals surface area contributed by atoms with Crippen LogP contribution in [-0.4, -0.2) is 43.3 Å². The summed E-state index contributed by atoms with van der Waals surface area (Å²) in [7, 11) is -6.31. The average molecular weight is 376 g/mol. The van der Waals surface area contributed by atoms with Gasteiger partial charge in [-0.3, -0.25) is 0 Å². The molecular formula is C10H14ClNO6S3. The van der Waals surface area contributed by atoms with Gasteiger partial charge in [-0.25, -0.2) is 30.0 Å². The molecule has 0 aliphatic heterocycles. The molecule has 1 rings (SSSR count). The molecule has 0 spiro atoms. The Labute approximate surface area is 128 Å². The Bertz CT molecular complexity index is 829.